The quantitative estimate of drug-likeness (QED) is 0.620. The van der Waals surface area contributed by atoms with Crippen molar-refractivity contribution in [3.8, 4) is 0 Å². The summed E-state index contributed by atoms with van der Waals surface area (Å²) < 4.78 is 0. The highest BCUT2D eigenvalue weighted by Gasteiger charge is 2.02. The Hall–Kier alpha value is -1.30. The fourth-order valence-electron chi connectivity index (χ4n) is 1.86. The largest absolute Gasteiger partial charge is 0.0616 e. The van der Waals surface area contributed by atoms with Crippen LogP contribution in [0, 0.1) is 6.92 Å². The first-order chi connectivity index (χ1) is 6.68. The lowest BCUT2D eigenvalue weighted by Crippen LogP contribution is -1.89. The molecule has 0 amide bonds. The summed E-state index contributed by atoms with van der Waals surface area (Å²) in [6.45, 7) is 6.67. The lowest BCUT2D eigenvalue weighted by atomic mass is 9.96. The molecular weight excluding hydrogens is 168 g/mol. The lowest BCUT2D eigenvalue weighted by Gasteiger charge is -2.09. The predicted octanol–water partition coefficient (Wildman–Crippen LogP) is 4.27. The highest BCUT2D eigenvalue weighted by molar-refractivity contribution is 5.86. The molecule has 72 valence electrons. The minimum Gasteiger partial charge on any atom is -0.0616 e. The minimum absolute atomic E-state index is 0.610. The van der Waals surface area contributed by atoms with Crippen molar-refractivity contribution in [3.63, 3.8) is 0 Å². The van der Waals surface area contributed by atoms with Crippen molar-refractivity contribution in [2.24, 2.45) is 0 Å². The standard InChI is InChI=1S/C14H16/c1-10(2)13-8-11(3)14-7-5-4-6-12(14)9-13/h4-10H,1-3H3. The second-order valence-electron chi connectivity index (χ2n) is 4.21. The van der Waals surface area contributed by atoms with E-state index in [9.17, 15) is 0 Å². The molecule has 0 aliphatic rings. The molecule has 0 atom stereocenters. The molecule has 14 heavy (non-hydrogen) atoms. The third-order valence-electron chi connectivity index (χ3n) is 2.76. The number of fused-ring (bicyclic) bond motifs is 1. The second-order valence-corrected chi connectivity index (χ2v) is 4.21. The zero-order valence-electron chi connectivity index (χ0n) is 9.04. The summed E-state index contributed by atoms with van der Waals surface area (Å²) in [6.07, 6.45) is 0. The maximum atomic E-state index is 2.30. The van der Waals surface area contributed by atoms with Gasteiger partial charge in [0.05, 0.1) is 0 Å². The highest BCUT2D eigenvalue weighted by atomic mass is 14.1. The molecule has 0 unspecified atom stereocenters. The number of hydrogen-bond acceptors (Lipinski definition) is 0. The van der Waals surface area contributed by atoms with Gasteiger partial charge in [-0.2, -0.15) is 0 Å². The molecule has 0 aromatic heterocycles. The Morgan fingerprint density at radius 1 is 1.00 bits per heavy atom. The number of rotatable bonds is 1. The van der Waals surface area contributed by atoms with Gasteiger partial charge in [-0.1, -0.05) is 50.2 Å². The minimum atomic E-state index is 0.610. The van der Waals surface area contributed by atoms with E-state index >= 15 is 0 Å². The van der Waals surface area contributed by atoms with Gasteiger partial charge in [0, 0.05) is 0 Å². The van der Waals surface area contributed by atoms with Crippen molar-refractivity contribution < 1.29 is 0 Å². The molecule has 0 N–H and O–H groups in total. The molecule has 0 saturated heterocycles. The van der Waals surface area contributed by atoms with Crippen LogP contribution < -0.4 is 0 Å². The first kappa shape index (κ1) is 9.26. The van der Waals surface area contributed by atoms with Gasteiger partial charge in [-0.05, 0) is 34.7 Å². The monoisotopic (exact) mass is 184 g/mol. The van der Waals surface area contributed by atoms with Crippen molar-refractivity contribution in [1.29, 1.82) is 0 Å². The van der Waals surface area contributed by atoms with E-state index in [1.54, 1.807) is 0 Å². The Morgan fingerprint density at radius 2 is 1.71 bits per heavy atom. The maximum Gasteiger partial charge on any atom is -0.0155 e. The van der Waals surface area contributed by atoms with E-state index in [-0.39, 0.29) is 0 Å². The second kappa shape index (κ2) is 3.45. The molecule has 0 bridgehead atoms. The summed E-state index contributed by atoms with van der Waals surface area (Å²) >= 11 is 0. The van der Waals surface area contributed by atoms with Crippen LogP contribution in [0.15, 0.2) is 36.4 Å². The molecule has 2 rings (SSSR count). The van der Waals surface area contributed by atoms with Crippen molar-refractivity contribution >= 4 is 10.8 Å². The van der Waals surface area contributed by atoms with Crippen LogP contribution in [0.3, 0.4) is 0 Å². The van der Waals surface area contributed by atoms with Gasteiger partial charge in [0.1, 0.15) is 0 Å². The van der Waals surface area contributed by atoms with E-state index in [4.69, 9.17) is 0 Å². The topological polar surface area (TPSA) is 0 Å². The first-order valence-corrected chi connectivity index (χ1v) is 5.18. The Labute approximate surface area is 85.6 Å². The van der Waals surface area contributed by atoms with Crippen LogP contribution in [0.25, 0.3) is 10.8 Å². The smallest absolute Gasteiger partial charge is 0.0155 e. The van der Waals surface area contributed by atoms with E-state index in [0.29, 0.717) is 5.92 Å². The number of aryl methyl sites for hydroxylation is 1. The average Bonchev–Trinajstić information content (AvgIpc) is 2.17. The zero-order valence-corrected chi connectivity index (χ0v) is 9.04. The molecule has 0 spiro atoms. The van der Waals surface area contributed by atoms with Gasteiger partial charge >= 0.3 is 0 Å². The fraction of sp³-hybridized carbons (Fsp3) is 0.286. The van der Waals surface area contributed by atoms with Gasteiger partial charge in [-0.3, -0.25) is 0 Å². The predicted molar refractivity (Wildman–Crippen MR) is 62.8 cm³/mol. The fourth-order valence-corrected chi connectivity index (χ4v) is 1.86. The highest BCUT2D eigenvalue weighted by Crippen LogP contribution is 2.24. The van der Waals surface area contributed by atoms with Crippen LogP contribution in [0.5, 0.6) is 0 Å². The Morgan fingerprint density at radius 3 is 2.43 bits per heavy atom. The van der Waals surface area contributed by atoms with Crippen LogP contribution in [0.4, 0.5) is 0 Å². The van der Waals surface area contributed by atoms with Gasteiger partial charge in [0.25, 0.3) is 0 Å². The van der Waals surface area contributed by atoms with E-state index in [1.165, 1.54) is 21.9 Å². The summed E-state index contributed by atoms with van der Waals surface area (Å²) in [4.78, 5) is 0. The van der Waals surface area contributed by atoms with Gasteiger partial charge in [-0.15, -0.1) is 0 Å². The van der Waals surface area contributed by atoms with E-state index in [2.05, 4.69) is 57.2 Å². The van der Waals surface area contributed by atoms with Crippen molar-refractivity contribution in [2.45, 2.75) is 26.7 Å². The van der Waals surface area contributed by atoms with E-state index in [1.807, 2.05) is 0 Å². The molecule has 0 aliphatic heterocycles. The number of hydrogen-bond donors (Lipinski definition) is 0. The summed E-state index contributed by atoms with van der Waals surface area (Å²) in [5.74, 6) is 0.610. The molecule has 0 nitrogen and oxygen atoms in total. The lowest BCUT2D eigenvalue weighted by molar-refractivity contribution is 0.867. The van der Waals surface area contributed by atoms with Gasteiger partial charge in [-0.25, -0.2) is 0 Å². The van der Waals surface area contributed by atoms with Crippen molar-refractivity contribution in [1.82, 2.24) is 0 Å². The molecule has 2 aromatic rings. The van der Waals surface area contributed by atoms with Crippen LogP contribution >= 0.6 is 0 Å². The Kier molecular flexibility index (Phi) is 2.28. The Balaban J connectivity index is 2.72. The van der Waals surface area contributed by atoms with E-state index in [0.717, 1.165) is 0 Å². The number of benzene rings is 2. The molecule has 0 fully saturated rings. The molecule has 0 heterocycles. The Bertz CT molecular complexity index is 453. The summed E-state index contributed by atoms with van der Waals surface area (Å²) in [6, 6.07) is 13.2. The summed E-state index contributed by atoms with van der Waals surface area (Å²) in [5, 5.41) is 2.73. The van der Waals surface area contributed by atoms with Gasteiger partial charge in [0.2, 0.25) is 0 Å². The molecular formula is C14H16. The van der Waals surface area contributed by atoms with Crippen LogP contribution in [-0.4, -0.2) is 0 Å². The molecule has 0 heteroatoms. The van der Waals surface area contributed by atoms with Crippen molar-refractivity contribution in [3.05, 3.63) is 47.5 Å². The maximum absolute atomic E-state index is 2.30. The SMILES string of the molecule is Cc1cc(C(C)C)cc2ccccc12. The van der Waals surface area contributed by atoms with Gasteiger partial charge < -0.3 is 0 Å². The van der Waals surface area contributed by atoms with Gasteiger partial charge in [0.15, 0.2) is 0 Å². The first-order valence-electron chi connectivity index (χ1n) is 5.18. The molecule has 2 aromatic carbocycles. The molecule has 0 radical (unpaired) electrons. The molecule has 0 saturated carbocycles. The van der Waals surface area contributed by atoms with Crippen LogP contribution in [0.2, 0.25) is 0 Å². The van der Waals surface area contributed by atoms with E-state index < -0.39 is 0 Å². The third kappa shape index (κ3) is 1.52. The third-order valence-corrected chi connectivity index (χ3v) is 2.76. The summed E-state index contributed by atoms with van der Waals surface area (Å²) in [7, 11) is 0. The van der Waals surface area contributed by atoms with Crippen molar-refractivity contribution in [2.75, 3.05) is 0 Å². The normalized spacial score (nSPS) is 11.1. The van der Waals surface area contributed by atoms with Crippen LogP contribution in [0.1, 0.15) is 30.9 Å². The molecule has 0 aliphatic carbocycles. The average molecular weight is 184 g/mol. The zero-order chi connectivity index (χ0) is 10.1. The summed E-state index contributed by atoms with van der Waals surface area (Å²) in [5.41, 5.74) is 2.81. The van der Waals surface area contributed by atoms with Crippen LogP contribution in [-0.2, 0) is 0 Å².